The molecule has 1 heterocycles. The molecule has 2 N–H and O–H groups in total. The molecule has 0 fully saturated rings. The van der Waals surface area contributed by atoms with E-state index in [0.717, 1.165) is 11.3 Å². The molecule has 106 valence electrons. The molecule has 0 aliphatic carbocycles. The Labute approximate surface area is 124 Å². The van der Waals surface area contributed by atoms with E-state index in [1.165, 1.54) is 15.3 Å². The van der Waals surface area contributed by atoms with Crippen molar-refractivity contribution in [2.45, 2.75) is 33.7 Å². The zero-order chi connectivity index (χ0) is 14.7. The Morgan fingerprint density at radius 1 is 1.20 bits per heavy atom. The molecule has 0 aliphatic rings. The van der Waals surface area contributed by atoms with Crippen molar-refractivity contribution in [3.8, 4) is 0 Å². The van der Waals surface area contributed by atoms with Gasteiger partial charge in [0.05, 0.1) is 6.04 Å². The van der Waals surface area contributed by atoms with Gasteiger partial charge in [0.15, 0.2) is 0 Å². The lowest BCUT2D eigenvalue weighted by Gasteiger charge is -2.15. The average Bonchev–Trinajstić information content (AvgIpc) is 2.71. The normalized spacial score (nSPS) is 12.0. The first-order chi connectivity index (χ1) is 9.47. The first kappa shape index (κ1) is 14.6. The third-order valence-electron chi connectivity index (χ3n) is 3.29. The molecule has 1 atom stereocenters. The van der Waals surface area contributed by atoms with E-state index in [2.05, 4.69) is 30.5 Å². The van der Waals surface area contributed by atoms with Gasteiger partial charge in [0.1, 0.15) is 0 Å². The van der Waals surface area contributed by atoms with Crippen molar-refractivity contribution in [3.63, 3.8) is 0 Å². The maximum atomic E-state index is 12.0. The molecule has 0 saturated carbocycles. The number of para-hydroxylation sites is 1. The van der Waals surface area contributed by atoms with Crippen molar-refractivity contribution in [3.05, 3.63) is 51.2 Å². The largest absolute Gasteiger partial charge is 0.331 e. The number of hydrogen-bond donors (Lipinski definition) is 2. The van der Waals surface area contributed by atoms with Crippen LogP contribution in [0.4, 0.5) is 10.5 Å². The number of benzene rings is 1. The minimum Gasteiger partial charge on any atom is -0.331 e. The first-order valence-electron chi connectivity index (χ1n) is 6.67. The number of thiophene rings is 1. The lowest BCUT2D eigenvalue weighted by atomic mass is 10.1. The summed E-state index contributed by atoms with van der Waals surface area (Å²) in [6, 6.07) is 9.72. The highest BCUT2D eigenvalue weighted by molar-refractivity contribution is 7.12. The summed E-state index contributed by atoms with van der Waals surface area (Å²) in [5.41, 5.74) is 3.08. The number of aryl methyl sites for hydroxylation is 3. The van der Waals surface area contributed by atoms with E-state index in [1.54, 1.807) is 11.3 Å². The van der Waals surface area contributed by atoms with Crippen LogP contribution in [0.2, 0.25) is 0 Å². The van der Waals surface area contributed by atoms with Gasteiger partial charge in [0.2, 0.25) is 0 Å². The number of nitrogens with one attached hydrogen (secondary N) is 2. The SMILES string of the molecule is Cc1cc(C(C)NC(=O)Nc2ccccc2C)c(C)s1. The Bertz CT molecular complexity index is 619. The number of urea groups is 1. The van der Waals surface area contributed by atoms with Gasteiger partial charge in [0.25, 0.3) is 0 Å². The van der Waals surface area contributed by atoms with Crippen molar-refractivity contribution < 1.29 is 4.79 Å². The van der Waals surface area contributed by atoms with Gasteiger partial charge in [-0.1, -0.05) is 18.2 Å². The topological polar surface area (TPSA) is 41.1 Å². The van der Waals surface area contributed by atoms with Crippen LogP contribution in [0.1, 0.15) is 33.8 Å². The summed E-state index contributed by atoms with van der Waals surface area (Å²) in [6.07, 6.45) is 0. The van der Waals surface area contributed by atoms with Gasteiger partial charge in [-0.05, 0) is 51.0 Å². The number of carbonyl (C=O) groups is 1. The molecule has 0 aliphatic heterocycles. The monoisotopic (exact) mass is 288 g/mol. The van der Waals surface area contributed by atoms with Crippen LogP contribution in [0.3, 0.4) is 0 Å². The fourth-order valence-electron chi connectivity index (χ4n) is 2.23. The molecular formula is C16H20N2OS. The molecule has 1 aromatic heterocycles. The van der Waals surface area contributed by atoms with E-state index in [9.17, 15) is 4.79 Å². The lowest BCUT2D eigenvalue weighted by Crippen LogP contribution is -2.31. The highest BCUT2D eigenvalue weighted by atomic mass is 32.1. The third-order valence-corrected chi connectivity index (χ3v) is 4.27. The van der Waals surface area contributed by atoms with Gasteiger partial charge in [-0.2, -0.15) is 0 Å². The quantitative estimate of drug-likeness (QED) is 0.854. The van der Waals surface area contributed by atoms with E-state index >= 15 is 0 Å². The van der Waals surface area contributed by atoms with Crippen LogP contribution in [0, 0.1) is 20.8 Å². The van der Waals surface area contributed by atoms with Crippen LogP contribution in [0.15, 0.2) is 30.3 Å². The molecular weight excluding hydrogens is 268 g/mol. The summed E-state index contributed by atoms with van der Waals surface area (Å²) < 4.78 is 0. The predicted octanol–water partition coefficient (Wildman–Crippen LogP) is 4.56. The van der Waals surface area contributed by atoms with E-state index in [0.29, 0.717) is 0 Å². The number of anilines is 1. The van der Waals surface area contributed by atoms with Crippen LogP contribution >= 0.6 is 11.3 Å². The van der Waals surface area contributed by atoms with Gasteiger partial charge in [-0.25, -0.2) is 4.79 Å². The molecule has 20 heavy (non-hydrogen) atoms. The van der Waals surface area contributed by atoms with Crippen molar-refractivity contribution in [1.82, 2.24) is 5.32 Å². The Morgan fingerprint density at radius 2 is 1.90 bits per heavy atom. The summed E-state index contributed by atoms with van der Waals surface area (Å²) in [4.78, 5) is 14.6. The first-order valence-corrected chi connectivity index (χ1v) is 7.49. The van der Waals surface area contributed by atoms with Crippen molar-refractivity contribution in [2.24, 2.45) is 0 Å². The maximum Gasteiger partial charge on any atom is 0.319 e. The minimum atomic E-state index is -0.171. The second-order valence-corrected chi connectivity index (χ2v) is 6.46. The highest BCUT2D eigenvalue weighted by Gasteiger charge is 2.14. The van der Waals surface area contributed by atoms with Crippen LogP contribution in [-0.2, 0) is 0 Å². The smallest absolute Gasteiger partial charge is 0.319 e. The van der Waals surface area contributed by atoms with E-state index in [4.69, 9.17) is 0 Å². The van der Waals surface area contributed by atoms with Gasteiger partial charge < -0.3 is 10.6 Å². The number of carbonyl (C=O) groups excluding carboxylic acids is 1. The predicted molar refractivity (Wildman–Crippen MR) is 85.5 cm³/mol. The van der Waals surface area contributed by atoms with E-state index in [1.807, 2.05) is 38.1 Å². The zero-order valence-electron chi connectivity index (χ0n) is 12.3. The Morgan fingerprint density at radius 3 is 2.50 bits per heavy atom. The molecule has 0 spiro atoms. The molecule has 1 unspecified atom stereocenters. The second-order valence-electron chi connectivity index (χ2n) is 5.00. The van der Waals surface area contributed by atoms with Gasteiger partial charge in [0, 0.05) is 15.4 Å². The minimum absolute atomic E-state index is 0.00367. The number of rotatable bonds is 3. The van der Waals surface area contributed by atoms with Gasteiger partial charge in [-0.3, -0.25) is 0 Å². The molecule has 2 rings (SSSR count). The van der Waals surface area contributed by atoms with E-state index in [-0.39, 0.29) is 12.1 Å². The average molecular weight is 288 g/mol. The fraction of sp³-hybridized carbons (Fsp3) is 0.312. The van der Waals surface area contributed by atoms with Crippen LogP contribution < -0.4 is 10.6 Å². The second kappa shape index (κ2) is 6.09. The molecule has 3 nitrogen and oxygen atoms in total. The number of hydrogen-bond acceptors (Lipinski definition) is 2. The third kappa shape index (κ3) is 3.39. The number of amides is 2. The fourth-order valence-corrected chi connectivity index (χ4v) is 3.25. The Balaban J connectivity index is 2.01. The molecule has 0 radical (unpaired) electrons. The summed E-state index contributed by atoms with van der Waals surface area (Å²) in [5.74, 6) is 0. The Hall–Kier alpha value is -1.81. The van der Waals surface area contributed by atoms with Crippen LogP contribution in [-0.4, -0.2) is 6.03 Å². The van der Waals surface area contributed by atoms with Crippen molar-refractivity contribution >= 4 is 23.1 Å². The molecule has 1 aromatic carbocycles. The summed E-state index contributed by atoms with van der Waals surface area (Å²) in [5, 5.41) is 5.87. The molecule has 0 bridgehead atoms. The van der Waals surface area contributed by atoms with E-state index < -0.39 is 0 Å². The standard InChI is InChI=1S/C16H20N2OS/c1-10-7-5-6-8-15(10)18-16(19)17-12(3)14-9-11(2)20-13(14)4/h5-9,12H,1-4H3,(H2,17,18,19). The highest BCUT2D eigenvalue weighted by Crippen LogP contribution is 2.26. The molecule has 2 amide bonds. The van der Waals surface area contributed by atoms with Gasteiger partial charge >= 0.3 is 6.03 Å². The summed E-state index contributed by atoms with van der Waals surface area (Å²) >= 11 is 1.76. The maximum absolute atomic E-state index is 12.0. The molecule has 0 saturated heterocycles. The van der Waals surface area contributed by atoms with Gasteiger partial charge in [-0.15, -0.1) is 11.3 Å². The molecule has 4 heteroatoms. The summed E-state index contributed by atoms with van der Waals surface area (Å²) in [6.45, 7) is 8.16. The molecule has 2 aromatic rings. The van der Waals surface area contributed by atoms with Crippen LogP contribution in [0.5, 0.6) is 0 Å². The Kier molecular flexibility index (Phi) is 4.45. The van der Waals surface area contributed by atoms with Crippen molar-refractivity contribution in [2.75, 3.05) is 5.32 Å². The summed E-state index contributed by atoms with van der Waals surface area (Å²) in [7, 11) is 0. The lowest BCUT2D eigenvalue weighted by molar-refractivity contribution is 0.249. The zero-order valence-corrected chi connectivity index (χ0v) is 13.1. The van der Waals surface area contributed by atoms with Crippen LogP contribution in [0.25, 0.3) is 0 Å². The van der Waals surface area contributed by atoms with Crippen molar-refractivity contribution in [1.29, 1.82) is 0 Å².